The number of aliphatic hydroxyl groups is 4. The first kappa shape index (κ1) is 30.2. The zero-order valence-corrected chi connectivity index (χ0v) is 21.3. The number of carboxylic acids is 2. The second-order valence-electron chi connectivity index (χ2n) is 7.56. The summed E-state index contributed by atoms with van der Waals surface area (Å²) in [5.74, 6) is -5.40. The van der Waals surface area contributed by atoms with E-state index in [2.05, 4.69) is 32.9 Å². The molecule has 36 heavy (non-hydrogen) atoms. The third kappa shape index (κ3) is 9.45. The Bertz CT molecular complexity index is 845. The maximum atomic E-state index is 12.2. The van der Waals surface area contributed by atoms with E-state index >= 15 is 0 Å². The maximum absolute atomic E-state index is 12.2. The molecule has 206 valence electrons. The van der Waals surface area contributed by atoms with Crippen molar-refractivity contribution in [3.63, 3.8) is 0 Å². The Morgan fingerprint density at radius 3 is 2.36 bits per heavy atom. The van der Waals surface area contributed by atoms with Gasteiger partial charge in [0, 0.05) is 0 Å². The second-order valence-corrected chi connectivity index (χ2v) is 10.1. The number of aliphatic hydroxyl groups excluding tert-OH is 3. The number of aliphatic carboxylic acids is 2. The zero-order valence-electron chi connectivity index (χ0n) is 19.7. The Morgan fingerprint density at radius 1 is 1.17 bits per heavy atom. The van der Waals surface area contributed by atoms with Gasteiger partial charge in [-0.25, -0.2) is 0 Å². The average Bonchev–Trinajstić information content (AvgIpc) is 2.85. The van der Waals surface area contributed by atoms with Crippen molar-refractivity contribution in [3.05, 3.63) is 0 Å². The fourth-order valence-corrected chi connectivity index (χ4v) is 5.40. The molecule has 1 aliphatic heterocycles. The van der Waals surface area contributed by atoms with Crippen LogP contribution >= 0.6 is 12.6 Å². The minimum absolute atomic E-state index is 0.170. The molecule has 0 radical (unpaired) electrons. The van der Waals surface area contributed by atoms with Crippen molar-refractivity contribution < 1.29 is 60.7 Å². The first-order chi connectivity index (χ1) is 17.3. The molecule has 0 aromatic rings. The fraction of sp³-hybridized carbons (Fsp3) is 0.722. The van der Waals surface area contributed by atoms with Crippen molar-refractivity contribution in [2.75, 3.05) is 18.9 Å². The van der Waals surface area contributed by atoms with Crippen LogP contribution in [-0.4, -0.2) is 136 Å². The van der Waals surface area contributed by atoms with Crippen molar-refractivity contribution in [1.82, 2.24) is 20.3 Å². The van der Waals surface area contributed by atoms with Crippen molar-refractivity contribution in [2.45, 2.75) is 60.9 Å². The van der Waals surface area contributed by atoms with Gasteiger partial charge in [0.1, 0.15) is 0 Å². The number of ether oxygens (including phenoxy) is 1. The number of carbonyl (C=O) groups excluding carboxylic acids is 3. The molecule has 0 aromatic heterocycles. The molecule has 0 aliphatic carbocycles. The van der Waals surface area contributed by atoms with Crippen LogP contribution in [0.5, 0.6) is 0 Å². The van der Waals surface area contributed by atoms with Gasteiger partial charge in [0.15, 0.2) is 0 Å². The van der Waals surface area contributed by atoms with Crippen LogP contribution in [-0.2, 0) is 28.7 Å². The van der Waals surface area contributed by atoms with Crippen molar-refractivity contribution in [3.8, 4) is 0 Å². The normalized spacial score (nSPS) is 27.8. The molecule has 1 saturated heterocycles. The van der Waals surface area contributed by atoms with Crippen LogP contribution in [0, 0.1) is 0 Å². The quantitative estimate of drug-likeness (QED) is 0.0651. The number of carboxylic acid groups (broad SMARTS) is 2. The molecule has 1 unspecified atom stereocenters. The van der Waals surface area contributed by atoms with Crippen LogP contribution in [0.4, 0.5) is 0 Å². The molecule has 16 nitrogen and oxygen atoms in total. The molecule has 0 bridgehead atoms. The number of rotatable bonds is 14. The molecule has 0 aromatic carbocycles. The van der Waals surface area contributed by atoms with Crippen LogP contribution in [0.25, 0.3) is 0 Å². The van der Waals surface area contributed by atoms with Crippen LogP contribution in [0.2, 0.25) is 0 Å². The summed E-state index contributed by atoms with van der Waals surface area (Å²) in [6.07, 6.45) is -5.81. The van der Waals surface area contributed by atoms with Crippen LogP contribution in [0.3, 0.4) is 0 Å². The molecule has 18 heteroatoms. The Kier molecular flexibility index (Phi) is 12.3. The van der Waals surface area contributed by atoms with Crippen molar-refractivity contribution in [2.24, 2.45) is 0 Å². The zero-order chi connectivity index (χ0) is 28.3. The number of hydrogen-bond acceptors (Lipinski definition) is 12. The summed E-state index contributed by atoms with van der Waals surface area (Å²) < 4.78 is 12.4. The van der Waals surface area contributed by atoms with E-state index in [1.165, 1.54) is 0 Å². The van der Waals surface area contributed by atoms with Crippen LogP contribution in [0.1, 0.15) is 21.1 Å². The topological polar surface area (TPSA) is 264 Å². The SMILES string of the molecule is [2H]CC(=O)N[C@@H]1[C@@H](O)[C@@H](O)[C@@H](CO)OC1(O)[Se]N[C@@H](CCC(=O)N[C@@H](CS)C(=O)NCC(=O)O)C(=O)O. The van der Waals surface area contributed by atoms with E-state index < -0.39 is 112 Å². The van der Waals surface area contributed by atoms with Gasteiger partial charge in [0.05, 0.1) is 0 Å². The molecular weight excluding hydrogens is 575 g/mol. The van der Waals surface area contributed by atoms with Gasteiger partial charge in [0.2, 0.25) is 0 Å². The van der Waals surface area contributed by atoms with E-state index in [4.69, 9.17) is 11.2 Å². The van der Waals surface area contributed by atoms with Crippen molar-refractivity contribution in [1.29, 1.82) is 0 Å². The predicted octanol–water partition coefficient (Wildman–Crippen LogP) is -5.69. The first-order valence-corrected chi connectivity index (χ1v) is 12.7. The van der Waals surface area contributed by atoms with Crippen molar-refractivity contribution >= 4 is 57.5 Å². The summed E-state index contributed by atoms with van der Waals surface area (Å²) in [4.78, 5) is 58.1. The van der Waals surface area contributed by atoms with E-state index in [0.717, 1.165) is 0 Å². The van der Waals surface area contributed by atoms with Gasteiger partial charge >= 0.3 is 218 Å². The minimum atomic E-state index is -2.47. The molecule has 7 atom stereocenters. The van der Waals surface area contributed by atoms with Gasteiger partial charge in [-0.05, 0) is 0 Å². The Morgan fingerprint density at radius 2 is 1.83 bits per heavy atom. The summed E-state index contributed by atoms with van der Waals surface area (Å²) in [6, 6.07) is -4.33. The number of amides is 3. The van der Waals surface area contributed by atoms with E-state index in [0.29, 0.717) is 0 Å². The second kappa shape index (κ2) is 14.7. The molecule has 0 spiro atoms. The van der Waals surface area contributed by atoms with Gasteiger partial charge in [-0.2, -0.15) is 0 Å². The van der Waals surface area contributed by atoms with E-state index in [9.17, 15) is 49.5 Å². The Labute approximate surface area is 218 Å². The molecule has 0 saturated carbocycles. The number of nitrogens with one attached hydrogen (secondary N) is 4. The molecule has 1 heterocycles. The monoisotopic (exact) mass is 607 g/mol. The van der Waals surface area contributed by atoms with Crippen LogP contribution in [0.15, 0.2) is 0 Å². The van der Waals surface area contributed by atoms with Crippen LogP contribution < -0.4 is 20.3 Å². The summed E-state index contributed by atoms with van der Waals surface area (Å²) in [7, 11) is 0. The number of hydrogen-bond donors (Lipinski definition) is 11. The summed E-state index contributed by atoms with van der Waals surface area (Å²) >= 11 is 2.45. The molecular formula is C18H30N4O12SSe. The summed E-state index contributed by atoms with van der Waals surface area (Å²) in [5.41, 5.74) is 0. The van der Waals surface area contributed by atoms with Gasteiger partial charge in [-0.1, -0.05) is 0 Å². The summed E-state index contributed by atoms with van der Waals surface area (Å²) in [5, 5.41) is 65.4. The van der Waals surface area contributed by atoms with Gasteiger partial charge < -0.3 is 0 Å². The first-order valence-electron chi connectivity index (χ1n) is 11.0. The molecule has 3 amide bonds. The standard InChI is InChI=1S/C18H30N4O12SSe/c1-7(24)20-15-14(29)13(28)10(5-23)34-18(15,33)36-22-8(17(31)32)2-3-11(25)21-9(6-35)16(30)19-4-12(26)27/h8-10,13-15,22-23,28-29,33,35H,2-6H2,1H3,(H,19,30)(H,20,24)(H,21,25)(H,26,27)(H,31,32)/t8-,9-,10+,13-,14-,15+,18?/m0/s1/i1D. The molecule has 1 fully saturated rings. The average molecular weight is 606 g/mol. The molecule has 1 rings (SSSR count). The van der Waals surface area contributed by atoms with Gasteiger partial charge in [0.25, 0.3) is 0 Å². The van der Waals surface area contributed by atoms with E-state index in [1.807, 2.05) is 0 Å². The van der Waals surface area contributed by atoms with Gasteiger partial charge in [-0.3, -0.25) is 0 Å². The molecule has 1 aliphatic rings. The molecule has 10 N–H and O–H groups in total. The number of thiol groups is 1. The third-order valence-electron chi connectivity index (χ3n) is 4.84. The van der Waals surface area contributed by atoms with E-state index in [1.54, 1.807) is 0 Å². The Balaban J connectivity index is 2.84. The summed E-state index contributed by atoms with van der Waals surface area (Å²) in [6.45, 7) is -2.29. The third-order valence-corrected chi connectivity index (χ3v) is 7.39. The Hall–Kier alpha value is -2.02. The van der Waals surface area contributed by atoms with E-state index in [-0.39, 0.29) is 12.2 Å². The fourth-order valence-electron chi connectivity index (χ4n) is 2.99. The predicted molar refractivity (Wildman–Crippen MR) is 123 cm³/mol. The number of carbonyl (C=O) groups is 5. The van der Waals surface area contributed by atoms with Gasteiger partial charge in [-0.15, -0.1) is 0 Å².